The molecule has 0 aliphatic carbocycles. The zero-order valence-electron chi connectivity index (χ0n) is 17.3. The molecule has 1 aromatic heterocycles. The summed E-state index contributed by atoms with van der Waals surface area (Å²) in [6, 6.07) is 3.86. The Morgan fingerprint density at radius 1 is 0.615 bits per heavy atom. The van der Waals surface area contributed by atoms with E-state index in [2.05, 4.69) is 11.9 Å². The van der Waals surface area contributed by atoms with E-state index >= 15 is 0 Å². The first-order valence-electron chi connectivity index (χ1n) is 11.2. The van der Waals surface area contributed by atoms with Gasteiger partial charge in [-0.1, -0.05) is 109 Å². The lowest BCUT2D eigenvalue weighted by atomic mass is 10.0. The molecule has 0 bridgehead atoms. The van der Waals surface area contributed by atoms with Crippen LogP contribution >= 0.6 is 0 Å². The number of pyridine rings is 1. The number of hydrogen-bond donors (Lipinski definition) is 2. The van der Waals surface area contributed by atoms with Gasteiger partial charge in [-0.15, -0.1) is 0 Å². The van der Waals surface area contributed by atoms with E-state index in [9.17, 15) is 0 Å². The minimum absolute atomic E-state index is 0.512. The first-order chi connectivity index (χ1) is 12.7. The Hall–Kier alpha value is -1.25. The van der Waals surface area contributed by atoms with Gasteiger partial charge in [-0.3, -0.25) is 0 Å². The van der Waals surface area contributed by atoms with Crippen LogP contribution in [-0.4, -0.2) is 4.98 Å². The molecule has 0 radical (unpaired) electrons. The lowest BCUT2D eigenvalue weighted by Gasteiger charge is -2.06. The maximum atomic E-state index is 5.90. The van der Waals surface area contributed by atoms with Gasteiger partial charge in [0.05, 0.1) is 0 Å². The maximum Gasteiger partial charge on any atom is 0.128 e. The molecule has 0 aromatic carbocycles. The third-order valence-electron chi connectivity index (χ3n) is 5.33. The van der Waals surface area contributed by atoms with E-state index in [0.29, 0.717) is 11.6 Å². The molecule has 150 valence electrons. The molecule has 1 aromatic rings. The number of unbranched alkanes of at least 4 members (excludes halogenated alkanes) is 15. The monoisotopic (exact) mass is 361 g/mol. The standard InChI is InChI=1S/C23H43N3/c1-2-3-4-5-6-7-8-9-10-11-12-13-14-15-16-17-18-21-19-20-22(24)26-23(21)25/h19-20H,2-18H2,1H3,(H4,24,25,26). The van der Waals surface area contributed by atoms with Gasteiger partial charge < -0.3 is 11.5 Å². The summed E-state index contributed by atoms with van der Waals surface area (Å²) in [5.41, 5.74) is 12.7. The molecule has 0 aliphatic heterocycles. The molecule has 3 heteroatoms. The highest BCUT2D eigenvalue weighted by Crippen LogP contribution is 2.16. The van der Waals surface area contributed by atoms with Crippen LogP contribution in [0.5, 0.6) is 0 Å². The van der Waals surface area contributed by atoms with Crippen LogP contribution in [0.25, 0.3) is 0 Å². The highest BCUT2D eigenvalue weighted by atomic mass is 14.9. The number of hydrogen-bond acceptors (Lipinski definition) is 3. The van der Waals surface area contributed by atoms with Crippen LogP contribution in [0.3, 0.4) is 0 Å². The second kappa shape index (κ2) is 16.0. The third kappa shape index (κ3) is 12.2. The van der Waals surface area contributed by atoms with Gasteiger partial charge in [0.1, 0.15) is 11.6 Å². The molecule has 0 spiro atoms. The molecule has 26 heavy (non-hydrogen) atoms. The number of nitrogens with zero attached hydrogens (tertiary/aromatic N) is 1. The SMILES string of the molecule is CCCCCCCCCCCCCCCCCCc1ccc(N)nc1N. The van der Waals surface area contributed by atoms with Crippen LogP contribution in [0.15, 0.2) is 12.1 Å². The third-order valence-corrected chi connectivity index (χ3v) is 5.33. The van der Waals surface area contributed by atoms with E-state index in [1.165, 1.54) is 103 Å². The summed E-state index contributed by atoms with van der Waals surface area (Å²) in [5.74, 6) is 1.11. The topological polar surface area (TPSA) is 64.9 Å². The highest BCUT2D eigenvalue weighted by Gasteiger charge is 2.01. The Balaban J connectivity index is 1.79. The highest BCUT2D eigenvalue weighted by molar-refractivity contribution is 5.46. The maximum absolute atomic E-state index is 5.90. The fraction of sp³-hybridized carbons (Fsp3) is 0.783. The smallest absolute Gasteiger partial charge is 0.128 e. The van der Waals surface area contributed by atoms with Gasteiger partial charge in [0, 0.05) is 0 Å². The predicted molar refractivity (Wildman–Crippen MR) is 116 cm³/mol. The van der Waals surface area contributed by atoms with Gasteiger partial charge in [-0.05, 0) is 24.5 Å². The Morgan fingerprint density at radius 3 is 1.46 bits per heavy atom. The zero-order chi connectivity index (χ0) is 18.9. The second-order valence-electron chi connectivity index (χ2n) is 7.83. The second-order valence-corrected chi connectivity index (χ2v) is 7.83. The molecular formula is C23H43N3. The van der Waals surface area contributed by atoms with Gasteiger partial charge >= 0.3 is 0 Å². The van der Waals surface area contributed by atoms with Crippen molar-refractivity contribution in [2.24, 2.45) is 0 Å². The molecule has 4 N–H and O–H groups in total. The van der Waals surface area contributed by atoms with Crippen molar-refractivity contribution in [3.8, 4) is 0 Å². The Morgan fingerprint density at radius 2 is 1.04 bits per heavy atom. The minimum Gasteiger partial charge on any atom is -0.384 e. The molecule has 0 unspecified atom stereocenters. The molecule has 0 saturated carbocycles. The van der Waals surface area contributed by atoms with Crippen LogP contribution in [0.1, 0.15) is 115 Å². The molecule has 1 rings (SSSR count). The van der Waals surface area contributed by atoms with Crippen LogP contribution in [0.4, 0.5) is 11.6 Å². The number of anilines is 2. The summed E-state index contributed by atoms with van der Waals surface area (Å²) < 4.78 is 0. The van der Waals surface area contributed by atoms with E-state index in [1.54, 1.807) is 0 Å². The van der Waals surface area contributed by atoms with E-state index < -0.39 is 0 Å². The van der Waals surface area contributed by atoms with Gasteiger partial charge in [0.25, 0.3) is 0 Å². The Bertz CT molecular complexity index is 445. The van der Waals surface area contributed by atoms with Crippen molar-refractivity contribution in [3.05, 3.63) is 17.7 Å². The summed E-state index contributed by atoms with van der Waals surface area (Å²) in [6.07, 6.45) is 23.4. The van der Waals surface area contributed by atoms with E-state index in [-0.39, 0.29) is 0 Å². The molecule has 3 nitrogen and oxygen atoms in total. The van der Waals surface area contributed by atoms with Crippen LogP contribution in [-0.2, 0) is 6.42 Å². The number of aromatic nitrogens is 1. The summed E-state index contributed by atoms with van der Waals surface area (Å²) in [6.45, 7) is 2.29. The van der Waals surface area contributed by atoms with Crippen LogP contribution in [0.2, 0.25) is 0 Å². The zero-order valence-corrected chi connectivity index (χ0v) is 17.3. The fourth-order valence-corrected chi connectivity index (χ4v) is 3.59. The van der Waals surface area contributed by atoms with E-state index in [4.69, 9.17) is 11.5 Å². The fourth-order valence-electron chi connectivity index (χ4n) is 3.59. The summed E-state index contributed by atoms with van der Waals surface area (Å²) in [4.78, 5) is 4.12. The average molecular weight is 362 g/mol. The predicted octanol–water partition coefficient (Wildman–Crippen LogP) is 7.05. The first-order valence-corrected chi connectivity index (χ1v) is 11.2. The van der Waals surface area contributed by atoms with E-state index in [1.807, 2.05) is 12.1 Å². The quantitative estimate of drug-likeness (QED) is 0.292. The number of rotatable bonds is 17. The Labute approximate surface area is 162 Å². The average Bonchev–Trinajstić information content (AvgIpc) is 2.63. The van der Waals surface area contributed by atoms with Crippen molar-refractivity contribution in [1.82, 2.24) is 4.98 Å². The van der Waals surface area contributed by atoms with Crippen molar-refractivity contribution in [2.75, 3.05) is 11.5 Å². The number of nitrogens with two attached hydrogens (primary N) is 2. The minimum atomic E-state index is 0.512. The van der Waals surface area contributed by atoms with Crippen molar-refractivity contribution in [3.63, 3.8) is 0 Å². The molecule has 0 saturated heterocycles. The van der Waals surface area contributed by atoms with Gasteiger partial charge in [0.15, 0.2) is 0 Å². The van der Waals surface area contributed by atoms with Gasteiger partial charge in [-0.25, -0.2) is 4.98 Å². The summed E-state index contributed by atoms with van der Waals surface area (Å²) >= 11 is 0. The lowest BCUT2D eigenvalue weighted by molar-refractivity contribution is 0.529. The largest absolute Gasteiger partial charge is 0.384 e. The number of aryl methyl sites for hydroxylation is 1. The first kappa shape index (κ1) is 22.8. The van der Waals surface area contributed by atoms with Gasteiger partial charge in [0.2, 0.25) is 0 Å². The van der Waals surface area contributed by atoms with Crippen molar-refractivity contribution < 1.29 is 0 Å². The molecule has 0 atom stereocenters. The molecule has 0 amide bonds. The normalized spacial score (nSPS) is 11.1. The molecule has 0 fully saturated rings. The van der Waals surface area contributed by atoms with E-state index in [0.717, 1.165) is 12.0 Å². The molecule has 1 heterocycles. The van der Waals surface area contributed by atoms with Gasteiger partial charge in [-0.2, -0.15) is 0 Å². The van der Waals surface area contributed by atoms with Crippen molar-refractivity contribution in [2.45, 2.75) is 116 Å². The summed E-state index contributed by atoms with van der Waals surface area (Å²) in [5, 5.41) is 0. The van der Waals surface area contributed by atoms with Crippen molar-refractivity contribution >= 4 is 11.6 Å². The molecule has 0 aliphatic rings. The number of nitrogen functional groups attached to an aromatic ring is 2. The summed E-state index contributed by atoms with van der Waals surface area (Å²) in [7, 11) is 0. The van der Waals surface area contributed by atoms with Crippen molar-refractivity contribution in [1.29, 1.82) is 0 Å². The van der Waals surface area contributed by atoms with Crippen LogP contribution in [0, 0.1) is 0 Å². The molecular weight excluding hydrogens is 318 g/mol. The van der Waals surface area contributed by atoms with Crippen LogP contribution < -0.4 is 11.5 Å². The lowest BCUT2D eigenvalue weighted by Crippen LogP contribution is -2.00. The Kier molecular flexibility index (Phi) is 14.0.